The van der Waals surface area contributed by atoms with Gasteiger partial charge in [0.15, 0.2) is 0 Å². The fraction of sp³-hybridized carbons (Fsp3) is 1.00. The molecule has 0 radical (unpaired) electrons. The molecule has 4 heteroatoms. The predicted molar refractivity (Wildman–Crippen MR) is 62.4 cm³/mol. The third-order valence-electron chi connectivity index (χ3n) is 2.62. The molecule has 0 aliphatic carbocycles. The van der Waals surface area contributed by atoms with Crippen molar-refractivity contribution in [3.05, 3.63) is 0 Å². The molecular weight excluding hydrogens is 199 g/mol. The molecule has 0 spiro atoms. The average Bonchev–Trinajstić information content (AvgIpc) is 2.11. The Labute approximate surface area is 87.3 Å². The summed E-state index contributed by atoms with van der Waals surface area (Å²) in [6.07, 6.45) is 6.77. The predicted octanol–water partition coefficient (Wildman–Crippen LogP) is 2.64. The number of unbranched alkanes of at least 4 members (excludes halogenated alkanes) is 5. The zero-order valence-corrected chi connectivity index (χ0v) is 10.3. The van der Waals surface area contributed by atoms with Gasteiger partial charge in [0, 0.05) is 0 Å². The fourth-order valence-electron chi connectivity index (χ4n) is 1.37. The van der Waals surface area contributed by atoms with Crippen molar-refractivity contribution >= 4 is 7.28 Å². The second-order valence-corrected chi connectivity index (χ2v) is 7.91. The molecule has 3 nitrogen and oxygen atoms in total. The second kappa shape index (κ2) is 6.02. The topological polar surface area (TPSA) is 60.7 Å². The standard InChI is InChI=1S/C10H25O3P/c1-3-5-6-7-8-9-10-14(11,12,13)4-2/h11-13H,3-10H2,1-2H3. The van der Waals surface area contributed by atoms with Gasteiger partial charge >= 0.3 is 86.7 Å². The van der Waals surface area contributed by atoms with E-state index in [1.165, 1.54) is 19.3 Å². The van der Waals surface area contributed by atoms with E-state index in [9.17, 15) is 14.7 Å². The molecule has 0 aliphatic heterocycles. The summed E-state index contributed by atoms with van der Waals surface area (Å²) in [4.78, 5) is 28.3. The summed E-state index contributed by atoms with van der Waals surface area (Å²) < 4.78 is 0. The Bertz CT molecular complexity index is 151. The van der Waals surface area contributed by atoms with E-state index in [0.717, 1.165) is 19.3 Å². The Kier molecular flexibility index (Phi) is 6.15. The van der Waals surface area contributed by atoms with Crippen LogP contribution in [0.3, 0.4) is 0 Å². The fourth-order valence-corrected chi connectivity index (χ4v) is 2.56. The molecule has 0 fully saturated rings. The SMILES string of the molecule is CCCCCCCCP(O)(O)(O)CC. The molecule has 0 saturated heterocycles. The van der Waals surface area contributed by atoms with E-state index in [1.807, 2.05) is 0 Å². The quantitative estimate of drug-likeness (QED) is 0.439. The summed E-state index contributed by atoms with van der Waals surface area (Å²) in [5, 5.41) is 0. The first-order chi connectivity index (χ1) is 6.39. The van der Waals surface area contributed by atoms with E-state index < -0.39 is 7.28 Å². The molecule has 0 rings (SSSR count). The van der Waals surface area contributed by atoms with Crippen LogP contribution in [0.4, 0.5) is 0 Å². The third kappa shape index (κ3) is 7.69. The molecule has 0 atom stereocenters. The third-order valence-corrected chi connectivity index (χ3v) is 5.15. The van der Waals surface area contributed by atoms with Crippen molar-refractivity contribution in [3.63, 3.8) is 0 Å². The molecule has 0 amide bonds. The van der Waals surface area contributed by atoms with Crippen LogP contribution in [0.15, 0.2) is 0 Å². The Balaban J connectivity index is 3.45. The van der Waals surface area contributed by atoms with E-state index in [1.54, 1.807) is 6.92 Å². The summed E-state index contributed by atoms with van der Waals surface area (Å²) >= 11 is 0. The van der Waals surface area contributed by atoms with Gasteiger partial charge in [-0.15, -0.1) is 0 Å². The Hall–Kier alpha value is 0.310. The zero-order valence-electron chi connectivity index (χ0n) is 9.45. The number of rotatable bonds is 8. The van der Waals surface area contributed by atoms with Crippen molar-refractivity contribution in [3.8, 4) is 0 Å². The number of hydrogen-bond donors (Lipinski definition) is 3. The summed E-state index contributed by atoms with van der Waals surface area (Å²) in [6.45, 7) is 3.79. The maximum absolute atomic E-state index is 9.43. The summed E-state index contributed by atoms with van der Waals surface area (Å²) in [5.74, 6) is 0. The van der Waals surface area contributed by atoms with Crippen LogP contribution in [-0.2, 0) is 0 Å². The number of hydrogen-bond acceptors (Lipinski definition) is 3. The molecule has 0 unspecified atom stereocenters. The van der Waals surface area contributed by atoms with Gasteiger partial charge in [-0.3, -0.25) is 0 Å². The molecular formula is C10H25O3P. The van der Waals surface area contributed by atoms with Crippen LogP contribution in [0.5, 0.6) is 0 Å². The maximum atomic E-state index is 9.43. The first-order valence-electron chi connectivity index (χ1n) is 5.65. The molecule has 0 aromatic rings. The molecule has 0 aliphatic rings. The first-order valence-corrected chi connectivity index (χ1v) is 8.11. The summed E-state index contributed by atoms with van der Waals surface area (Å²) in [5.41, 5.74) is 0. The van der Waals surface area contributed by atoms with E-state index in [2.05, 4.69) is 6.92 Å². The van der Waals surface area contributed by atoms with Crippen LogP contribution in [0.2, 0.25) is 0 Å². The molecule has 0 aromatic heterocycles. The molecule has 0 saturated carbocycles. The van der Waals surface area contributed by atoms with Gasteiger partial charge in [0.2, 0.25) is 0 Å². The van der Waals surface area contributed by atoms with Crippen molar-refractivity contribution in [2.45, 2.75) is 52.4 Å². The minimum absolute atomic E-state index is 0.0839. The van der Waals surface area contributed by atoms with E-state index in [0.29, 0.717) is 0 Å². The average molecular weight is 224 g/mol. The normalized spacial score (nSPS) is 15.1. The Morgan fingerprint density at radius 2 is 1.29 bits per heavy atom. The monoisotopic (exact) mass is 224 g/mol. The molecule has 88 valence electrons. The molecule has 0 heterocycles. The van der Waals surface area contributed by atoms with Crippen molar-refractivity contribution in [2.75, 3.05) is 12.3 Å². The second-order valence-electron chi connectivity index (χ2n) is 4.15. The van der Waals surface area contributed by atoms with Gasteiger partial charge in [-0.05, 0) is 0 Å². The van der Waals surface area contributed by atoms with Crippen LogP contribution in [-0.4, -0.2) is 27.0 Å². The van der Waals surface area contributed by atoms with E-state index >= 15 is 0 Å². The van der Waals surface area contributed by atoms with Gasteiger partial charge in [-0.2, -0.15) is 0 Å². The van der Waals surface area contributed by atoms with Gasteiger partial charge < -0.3 is 0 Å². The van der Waals surface area contributed by atoms with Crippen LogP contribution in [0, 0.1) is 0 Å². The van der Waals surface area contributed by atoms with Crippen molar-refractivity contribution < 1.29 is 14.7 Å². The summed E-state index contributed by atoms with van der Waals surface area (Å²) in [7, 11) is -4.20. The van der Waals surface area contributed by atoms with Crippen LogP contribution in [0.25, 0.3) is 0 Å². The molecule has 0 bridgehead atoms. The van der Waals surface area contributed by atoms with E-state index in [-0.39, 0.29) is 12.3 Å². The van der Waals surface area contributed by atoms with Crippen LogP contribution < -0.4 is 0 Å². The van der Waals surface area contributed by atoms with E-state index in [4.69, 9.17) is 0 Å². The van der Waals surface area contributed by atoms with Crippen LogP contribution >= 0.6 is 7.28 Å². The van der Waals surface area contributed by atoms with Crippen LogP contribution in [0.1, 0.15) is 52.4 Å². The van der Waals surface area contributed by atoms with Crippen molar-refractivity contribution in [1.82, 2.24) is 0 Å². The molecule has 14 heavy (non-hydrogen) atoms. The van der Waals surface area contributed by atoms with Gasteiger partial charge in [0.05, 0.1) is 0 Å². The van der Waals surface area contributed by atoms with Crippen molar-refractivity contribution in [1.29, 1.82) is 0 Å². The van der Waals surface area contributed by atoms with Gasteiger partial charge in [0.25, 0.3) is 0 Å². The van der Waals surface area contributed by atoms with Crippen molar-refractivity contribution in [2.24, 2.45) is 0 Å². The van der Waals surface area contributed by atoms with Gasteiger partial charge in [0.1, 0.15) is 0 Å². The van der Waals surface area contributed by atoms with Gasteiger partial charge in [-0.1, -0.05) is 0 Å². The summed E-state index contributed by atoms with van der Waals surface area (Å²) in [6, 6.07) is 0. The Morgan fingerprint density at radius 3 is 1.79 bits per heavy atom. The zero-order chi connectivity index (χ0) is 11.1. The Morgan fingerprint density at radius 1 is 0.786 bits per heavy atom. The molecule has 3 N–H and O–H groups in total. The minimum atomic E-state index is -4.20. The van der Waals surface area contributed by atoms with Gasteiger partial charge in [-0.25, -0.2) is 0 Å². The first kappa shape index (κ1) is 14.3. The molecule has 0 aromatic carbocycles.